The highest BCUT2D eigenvalue weighted by Crippen LogP contribution is 2.34. The van der Waals surface area contributed by atoms with Crippen LogP contribution in [0.2, 0.25) is 0 Å². The maximum Gasteiger partial charge on any atom is 0.0805 e. The molecule has 0 aliphatic carbocycles. The molecule has 0 fully saturated rings. The standard InChI is InChI=1S/C6H11Br2/c1-3-5-6(7,8)4-2/h2-5H2,1H3. The summed E-state index contributed by atoms with van der Waals surface area (Å²) in [5.74, 6) is 0. The molecule has 0 atom stereocenters. The Kier molecular flexibility index (Phi) is 4.35. The van der Waals surface area contributed by atoms with E-state index in [1.54, 1.807) is 0 Å². The van der Waals surface area contributed by atoms with Gasteiger partial charge in [-0.2, -0.15) is 0 Å². The average Bonchev–Trinajstić information content (AvgIpc) is 1.67. The second kappa shape index (κ2) is 3.89. The average molecular weight is 243 g/mol. The molecule has 0 saturated carbocycles. The quantitative estimate of drug-likeness (QED) is 0.665. The van der Waals surface area contributed by atoms with E-state index in [1.807, 2.05) is 0 Å². The van der Waals surface area contributed by atoms with Gasteiger partial charge in [0.25, 0.3) is 0 Å². The van der Waals surface area contributed by atoms with Crippen LogP contribution in [0.5, 0.6) is 0 Å². The molecule has 0 unspecified atom stereocenters. The van der Waals surface area contributed by atoms with Gasteiger partial charge in [-0.25, -0.2) is 0 Å². The van der Waals surface area contributed by atoms with E-state index >= 15 is 0 Å². The van der Waals surface area contributed by atoms with Gasteiger partial charge in [0.1, 0.15) is 0 Å². The van der Waals surface area contributed by atoms with E-state index in [1.165, 1.54) is 6.42 Å². The van der Waals surface area contributed by atoms with Crippen LogP contribution in [-0.4, -0.2) is 3.23 Å². The molecule has 0 bridgehead atoms. The summed E-state index contributed by atoms with van der Waals surface area (Å²) in [6.07, 6.45) is 3.21. The molecule has 0 aromatic heterocycles. The monoisotopic (exact) mass is 241 g/mol. The zero-order valence-corrected chi connectivity index (χ0v) is 8.26. The number of alkyl halides is 2. The van der Waals surface area contributed by atoms with E-state index < -0.39 is 0 Å². The van der Waals surface area contributed by atoms with E-state index in [-0.39, 0.29) is 3.23 Å². The van der Waals surface area contributed by atoms with Crippen molar-refractivity contribution in [1.29, 1.82) is 0 Å². The molecule has 0 spiro atoms. The summed E-state index contributed by atoms with van der Waals surface area (Å²) in [4.78, 5) is 0. The summed E-state index contributed by atoms with van der Waals surface area (Å²) in [5, 5.41) is 0. The van der Waals surface area contributed by atoms with E-state index in [2.05, 4.69) is 45.7 Å². The summed E-state index contributed by atoms with van der Waals surface area (Å²) in [6.45, 7) is 5.94. The number of hydrogen-bond acceptors (Lipinski definition) is 0. The van der Waals surface area contributed by atoms with E-state index in [0.717, 1.165) is 12.8 Å². The van der Waals surface area contributed by atoms with Gasteiger partial charge < -0.3 is 0 Å². The maximum atomic E-state index is 3.78. The van der Waals surface area contributed by atoms with Crippen molar-refractivity contribution in [1.82, 2.24) is 0 Å². The molecule has 0 N–H and O–H groups in total. The summed E-state index contributed by atoms with van der Waals surface area (Å²) in [6, 6.07) is 0. The van der Waals surface area contributed by atoms with E-state index in [0.29, 0.717) is 0 Å². The summed E-state index contributed by atoms with van der Waals surface area (Å²) in [7, 11) is 0. The van der Waals surface area contributed by atoms with Crippen molar-refractivity contribution < 1.29 is 0 Å². The Morgan fingerprint density at radius 1 is 1.50 bits per heavy atom. The lowest BCUT2D eigenvalue weighted by Crippen LogP contribution is -2.07. The van der Waals surface area contributed by atoms with Crippen molar-refractivity contribution in [3.05, 3.63) is 6.92 Å². The summed E-state index contributed by atoms with van der Waals surface area (Å²) < 4.78 is 0.106. The van der Waals surface area contributed by atoms with Gasteiger partial charge in [0.15, 0.2) is 0 Å². The van der Waals surface area contributed by atoms with Crippen molar-refractivity contribution in [3.63, 3.8) is 0 Å². The molecule has 0 nitrogen and oxygen atoms in total. The minimum Gasteiger partial charge on any atom is -0.0727 e. The lowest BCUT2D eigenvalue weighted by atomic mass is 10.2. The van der Waals surface area contributed by atoms with Crippen LogP contribution in [0.4, 0.5) is 0 Å². The van der Waals surface area contributed by atoms with Crippen LogP contribution in [0.1, 0.15) is 26.2 Å². The fourth-order valence-corrected chi connectivity index (χ4v) is 1.28. The molecule has 0 heterocycles. The molecule has 2 heteroatoms. The molecule has 1 radical (unpaired) electrons. The van der Waals surface area contributed by atoms with Crippen molar-refractivity contribution in [2.75, 3.05) is 0 Å². The molecular formula is C6H11Br2. The van der Waals surface area contributed by atoms with Gasteiger partial charge in [-0.1, -0.05) is 52.1 Å². The minimum atomic E-state index is 0.106. The molecule has 49 valence electrons. The lowest BCUT2D eigenvalue weighted by Gasteiger charge is -2.15. The van der Waals surface area contributed by atoms with E-state index in [9.17, 15) is 0 Å². The fraction of sp³-hybridized carbons (Fsp3) is 0.833. The van der Waals surface area contributed by atoms with Gasteiger partial charge in [0, 0.05) is 0 Å². The van der Waals surface area contributed by atoms with Crippen molar-refractivity contribution in [3.8, 4) is 0 Å². The molecule has 8 heavy (non-hydrogen) atoms. The highest BCUT2D eigenvalue weighted by Gasteiger charge is 2.17. The van der Waals surface area contributed by atoms with Gasteiger partial charge >= 0.3 is 0 Å². The Morgan fingerprint density at radius 2 is 2.00 bits per heavy atom. The van der Waals surface area contributed by atoms with Crippen molar-refractivity contribution in [2.24, 2.45) is 0 Å². The Labute approximate surface area is 68.3 Å². The Hall–Kier alpha value is 0.960. The first-order valence-electron chi connectivity index (χ1n) is 2.79. The third-order valence-corrected chi connectivity index (χ3v) is 2.57. The number of halogens is 2. The largest absolute Gasteiger partial charge is 0.0805 e. The van der Waals surface area contributed by atoms with Crippen LogP contribution in [-0.2, 0) is 0 Å². The van der Waals surface area contributed by atoms with Gasteiger partial charge in [-0.3, -0.25) is 0 Å². The van der Waals surface area contributed by atoms with Gasteiger partial charge in [0.2, 0.25) is 0 Å². The van der Waals surface area contributed by atoms with Crippen LogP contribution < -0.4 is 0 Å². The highest BCUT2D eigenvalue weighted by atomic mass is 79.9. The molecule has 0 rings (SSSR count). The van der Waals surface area contributed by atoms with Crippen LogP contribution in [0, 0.1) is 6.92 Å². The molecule has 0 aliphatic rings. The SMILES string of the molecule is [CH2]CC(Br)(Br)CCC. The minimum absolute atomic E-state index is 0.106. The molecular weight excluding hydrogens is 232 g/mol. The van der Waals surface area contributed by atoms with Crippen molar-refractivity contribution >= 4 is 31.9 Å². The van der Waals surface area contributed by atoms with Gasteiger partial charge in [-0.15, -0.1) is 0 Å². The van der Waals surface area contributed by atoms with Crippen LogP contribution >= 0.6 is 31.9 Å². The maximum absolute atomic E-state index is 3.78. The molecule has 0 saturated heterocycles. The third-order valence-electron chi connectivity index (χ3n) is 0.982. The van der Waals surface area contributed by atoms with Crippen LogP contribution in [0.3, 0.4) is 0 Å². The number of rotatable bonds is 3. The fourth-order valence-electron chi connectivity index (χ4n) is 0.491. The summed E-state index contributed by atoms with van der Waals surface area (Å²) >= 11 is 6.99. The first-order valence-corrected chi connectivity index (χ1v) is 4.38. The Morgan fingerprint density at radius 3 is 2.12 bits per heavy atom. The second-order valence-corrected chi connectivity index (χ2v) is 5.96. The molecule has 0 aromatic carbocycles. The smallest absolute Gasteiger partial charge is 0.0727 e. The molecule has 0 aliphatic heterocycles. The lowest BCUT2D eigenvalue weighted by molar-refractivity contribution is 0.724. The van der Waals surface area contributed by atoms with E-state index in [4.69, 9.17) is 0 Å². The first-order chi connectivity index (χ1) is 3.62. The third kappa shape index (κ3) is 3.90. The topological polar surface area (TPSA) is 0 Å². The Bertz CT molecular complexity index is 59.5. The summed E-state index contributed by atoms with van der Waals surface area (Å²) in [5.41, 5.74) is 0. The second-order valence-electron chi connectivity index (χ2n) is 1.86. The van der Waals surface area contributed by atoms with Crippen LogP contribution in [0.15, 0.2) is 0 Å². The molecule has 0 amide bonds. The van der Waals surface area contributed by atoms with Crippen molar-refractivity contribution in [2.45, 2.75) is 29.4 Å². The highest BCUT2D eigenvalue weighted by molar-refractivity contribution is 9.25. The zero-order chi connectivity index (χ0) is 6.62. The Balaban J connectivity index is 3.37. The molecule has 0 aromatic rings. The van der Waals surface area contributed by atoms with Gasteiger partial charge in [-0.05, 0) is 12.8 Å². The predicted molar refractivity (Wildman–Crippen MR) is 45.5 cm³/mol. The number of hydrogen-bond donors (Lipinski definition) is 0. The predicted octanol–water partition coefficient (Wildman–Crippen LogP) is 3.50. The zero-order valence-electron chi connectivity index (χ0n) is 5.08. The van der Waals surface area contributed by atoms with Gasteiger partial charge in [0.05, 0.1) is 3.23 Å². The van der Waals surface area contributed by atoms with Crippen LogP contribution in [0.25, 0.3) is 0 Å². The first kappa shape index (κ1) is 8.96. The normalized spacial score (nSPS) is 12.0.